The summed E-state index contributed by atoms with van der Waals surface area (Å²) in [5, 5.41) is 5.97. The summed E-state index contributed by atoms with van der Waals surface area (Å²) in [5.41, 5.74) is 1.91. The molecule has 4 nitrogen and oxygen atoms in total. The van der Waals surface area contributed by atoms with E-state index < -0.39 is 0 Å². The summed E-state index contributed by atoms with van der Waals surface area (Å²) in [6.45, 7) is 5.62. The predicted molar refractivity (Wildman–Crippen MR) is 97.1 cm³/mol. The van der Waals surface area contributed by atoms with Crippen LogP contribution in [0.5, 0.6) is 0 Å². The summed E-state index contributed by atoms with van der Waals surface area (Å²) < 4.78 is 13.1. The van der Waals surface area contributed by atoms with E-state index in [9.17, 15) is 14.0 Å². The standard InChI is InChI=1S/C20H23FN2O2/c1-13(2)20(15-8-10-16(21)11-9-15)22-12-19(25)23-18-7-5-4-6-17(18)14(3)24/h4-11,13,20,22H,12H2,1-3H3,(H,23,25)/t20-/m1/s1. The number of hydrogen-bond acceptors (Lipinski definition) is 3. The van der Waals surface area contributed by atoms with Crippen molar-refractivity contribution in [2.45, 2.75) is 26.8 Å². The first kappa shape index (κ1) is 18.8. The van der Waals surface area contributed by atoms with Crippen LogP contribution in [0.1, 0.15) is 42.7 Å². The monoisotopic (exact) mass is 342 g/mol. The zero-order chi connectivity index (χ0) is 18.4. The highest BCUT2D eigenvalue weighted by Crippen LogP contribution is 2.22. The number of Topliss-reactive ketones (excluding diaryl/α,β-unsaturated/α-hetero) is 1. The van der Waals surface area contributed by atoms with Crippen LogP contribution >= 0.6 is 0 Å². The number of carbonyl (C=O) groups excluding carboxylic acids is 2. The van der Waals surface area contributed by atoms with Crippen LogP contribution in [-0.2, 0) is 4.79 Å². The van der Waals surface area contributed by atoms with Gasteiger partial charge in [0.05, 0.1) is 12.2 Å². The molecule has 2 rings (SSSR count). The first-order chi connectivity index (χ1) is 11.9. The molecule has 0 spiro atoms. The summed E-state index contributed by atoms with van der Waals surface area (Å²) in [4.78, 5) is 23.9. The van der Waals surface area contributed by atoms with Gasteiger partial charge >= 0.3 is 0 Å². The first-order valence-corrected chi connectivity index (χ1v) is 8.27. The number of carbonyl (C=O) groups is 2. The van der Waals surface area contributed by atoms with Crippen LogP contribution in [0.25, 0.3) is 0 Å². The van der Waals surface area contributed by atoms with Crippen molar-refractivity contribution in [3.63, 3.8) is 0 Å². The topological polar surface area (TPSA) is 58.2 Å². The van der Waals surface area contributed by atoms with Crippen molar-refractivity contribution in [1.82, 2.24) is 5.32 Å². The third-order valence-corrected chi connectivity index (χ3v) is 3.96. The average molecular weight is 342 g/mol. The van der Waals surface area contributed by atoms with Gasteiger partial charge in [0.25, 0.3) is 0 Å². The average Bonchev–Trinajstić information content (AvgIpc) is 2.56. The molecule has 0 aromatic heterocycles. The molecule has 132 valence electrons. The van der Waals surface area contributed by atoms with E-state index in [-0.39, 0.29) is 36.0 Å². The van der Waals surface area contributed by atoms with Gasteiger partial charge in [0.1, 0.15) is 5.82 Å². The van der Waals surface area contributed by atoms with E-state index in [2.05, 4.69) is 10.6 Å². The normalized spacial score (nSPS) is 12.0. The summed E-state index contributed by atoms with van der Waals surface area (Å²) >= 11 is 0. The van der Waals surface area contributed by atoms with Crippen molar-refractivity contribution in [2.24, 2.45) is 5.92 Å². The predicted octanol–water partition coefficient (Wildman–Crippen LogP) is 3.95. The van der Waals surface area contributed by atoms with E-state index in [1.54, 1.807) is 36.4 Å². The summed E-state index contributed by atoms with van der Waals surface area (Å²) in [5.74, 6) is -0.399. The molecule has 1 atom stereocenters. The fourth-order valence-corrected chi connectivity index (χ4v) is 2.70. The van der Waals surface area contributed by atoms with Gasteiger partial charge in [-0.05, 0) is 42.7 Å². The molecule has 0 saturated carbocycles. The number of amides is 1. The van der Waals surface area contributed by atoms with Crippen LogP contribution < -0.4 is 10.6 Å². The number of nitrogens with one attached hydrogen (secondary N) is 2. The molecule has 0 saturated heterocycles. The minimum atomic E-state index is -0.287. The number of anilines is 1. The molecule has 1 amide bonds. The second kappa shape index (κ2) is 8.53. The number of rotatable bonds is 7. The highest BCUT2D eigenvalue weighted by atomic mass is 19.1. The van der Waals surface area contributed by atoms with Crippen LogP contribution in [0.4, 0.5) is 10.1 Å². The Morgan fingerprint density at radius 2 is 1.68 bits per heavy atom. The smallest absolute Gasteiger partial charge is 0.238 e. The second-order valence-corrected chi connectivity index (χ2v) is 6.30. The zero-order valence-corrected chi connectivity index (χ0v) is 14.7. The first-order valence-electron chi connectivity index (χ1n) is 8.27. The number of halogens is 1. The minimum Gasteiger partial charge on any atom is -0.324 e. The largest absolute Gasteiger partial charge is 0.324 e. The Labute approximate surface area is 147 Å². The SMILES string of the molecule is CC(=O)c1ccccc1NC(=O)CN[C@@H](c1ccc(F)cc1)C(C)C. The van der Waals surface area contributed by atoms with Gasteiger partial charge in [0, 0.05) is 11.6 Å². The third kappa shape index (κ3) is 5.22. The highest BCUT2D eigenvalue weighted by Gasteiger charge is 2.17. The van der Waals surface area contributed by atoms with Crippen molar-refractivity contribution in [2.75, 3.05) is 11.9 Å². The van der Waals surface area contributed by atoms with Gasteiger partial charge in [-0.1, -0.05) is 38.1 Å². The number of benzene rings is 2. The lowest BCUT2D eigenvalue weighted by molar-refractivity contribution is -0.115. The van der Waals surface area contributed by atoms with E-state index in [0.717, 1.165) is 5.56 Å². The molecule has 0 aliphatic carbocycles. The lowest BCUT2D eigenvalue weighted by Gasteiger charge is -2.23. The molecule has 0 heterocycles. The van der Waals surface area contributed by atoms with Crippen molar-refractivity contribution in [3.8, 4) is 0 Å². The van der Waals surface area contributed by atoms with Gasteiger partial charge in [0.15, 0.2) is 5.78 Å². The van der Waals surface area contributed by atoms with E-state index in [1.807, 2.05) is 13.8 Å². The molecule has 0 bridgehead atoms. The molecule has 0 aliphatic rings. The molecule has 2 aromatic carbocycles. The van der Waals surface area contributed by atoms with Crippen LogP contribution in [0, 0.1) is 11.7 Å². The van der Waals surface area contributed by atoms with Crippen molar-refractivity contribution < 1.29 is 14.0 Å². The Hall–Kier alpha value is -2.53. The minimum absolute atomic E-state index is 0.0746. The van der Waals surface area contributed by atoms with Crippen molar-refractivity contribution >= 4 is 17.4 Å². The molecule has 25 heavy (non-hydrogen) atoms. The third-order valence-electron chi connectivity index (χ3n) is 3.96. The Morgan fingerprint density at radius 3 is 2.28 bits per heavy atom. The maximum atomic E-state index is 13.1. The molecule has 0 unspecified atom stereocenters. The molecule has 0 aliphatic heterocycles. The van der Waals surface area contributed by atoms with Gasteiger partial charge in [-0.2, -0.15) is 0 Å². The fraction of sp³-hybridized carbons (Fsp3) is 0.300. The van der Waals surface area contributed by atoms with E-state index in [4.69, 9.17) is 0 Å². The molecular formula is C20H23FN2O2. The molecule has 0 radical (unpaired) electrons. The Kier molecular flexibility index (Phi) is 6.42. The highest BCUT2D eigenvalue weighted by molar-refractivity contribution is 6.04. The van der Waals surface area contributed by atoms with Crippen LogP contribution in [0.3, 0.4) is 0 Å². The van der Waals surface area contributed by atoms with Crippen LogP contribution in [0.15, 0.2) is 48.5 Å². The lowest BCUT2D eigenvalue weighted by Crippen LogP contribution is -2.33. The second-order valence-electron chi connectivity index (χ2n) is 6.30. The molecule has 5 heteroatoms. The zero-order valence-electron chi connectivity index (χ0n) is 14.7. The van der Waals surface area contributed by atoms with Gasteiger partial charge in [-0.25, -0.2) is 4.39 Å². The van der Waals surface area contributed by atoms with Gasteiger partial charge in [-0.15, -0.1) is 0 Å². The molecule has 2 aromatic rings. The quantitative estimate of drug-likeness (QED) is 0.749. The Balaban J connectivity index is 2.02. The van der Waals surface area contributed by atoms with Crippen molar-refractivity contribution in [3.05, 3.63) is 65.5 Å². The summed E-state index contributed by atoms with van der Waals surface area (Å²) in [6.07, 6.45) is 0. The Morgan fingerprint density at radius 1 is 1.04 bits per heavy atom. The Bertz CT molecular complexity index is 742. The van der Waals surface area contributed by atoms with Crippen LogP contribution in [-0.4, -0.2) is 18.2 Å². The summed E-state index contributed by atoms with van der Waals surface area (Å²) in [7, 11) is 0. The summed E-state index contributed by atoms with van der Waals surface area (Å²) in [6, 6.07) is 13.1. The molecule has 2 N–H and O–H groups in total. The number of hydrogen-bond donors (Lipinski definition) is 2. The van der Waals surface area contributed by atoms with E-state index >= 15 is 0 Å². The van der Waals surface area contributed by atoms with Gasteiger partial charge in [-0.3, -0.25) is 9.59 Å². The van der Waals surface area contributed by atoms with Gasteiger partial charge < -0.3 is 10.6 Å². The van der Waals surface area contributed by atoms with E-state index in [1.165, 1.54) is 19.1 Å². The van der Waals surface area contributed by atoms with E-state index in [0.29, 0.717) is 11.3 Å². The molecular weight excluding hydrogens is 319 g/mol. The van der Waals surface area contributed by atoms with Crippen LogP contribution in [0.2, 0.25) is 0 Å². The van der Waals surface area contributed by atoms with Gasteiger partial charge in [0.2, 0.25) is 5.91 Å². The maximum absolute atomic E-state index is 13.1. The molecule has 0 fully saturated rings. The number of para-hydroxylation sites is 1. The fourth-order valence-electron chi connectivity index (χ4n) is 2.70. The van der Waals surface area contributed by atoms with Crippen molar-refractivity contribution in [1.29, 1.82) is 0 Å². The number of ketones is 1. The lowest BCUT2D eigenvalue weighted by atomic mass is 9.96. The maximum Gasteiger partial charge on any atom is 0.238 e.